The third-order valence-corrected chi connectivity index (χ3v) is 3.97. The maximum atomic E-state index is 13.4. The number of hydrogen-bond donors (Lipinski definition) is 1. The number of rotatable bonds is 1. The molecular weight excluding hydrogens is 290 g/mol. The Labute approximate surface area is 125 Å². The Bertz CT molecular complexity index is 765. The summed E-state index contributed by atoms with van der Waals surface area (Å²) in [6.45, 7) is 3.72. The molecular formula is C16H14F2N2O2. The third-order valence-electron chi connectivity index (χ3n) is 3.97. The van der Waals surface area contributed by atoms with Gasteiger partial charge in [0.1, 0.15) is 5.69 Å². The van der Waals surface area contributed by atoms with Crippen molar-refractivity contribution in [3.63, 3.8) is 0 Å². The van der Waals surface area contributed by atoms with E-state index in [4.69, 9.17) is 5.11 Å². The second-order valence-corrected chi connectivity index (χ2v) is 6.05. The van der Waals surface area contributed by atoms with Crippen LogP contribution in [-0.4, -0.2) is 20.9 Å². The topological polar surface area (TPSA) is 63.1 Å². The molecule has 0 fully saturated rings. The average Bonchev–Trinajstić information content (AvgIpc) is 2.48. The number of aromatic nitrogens is 2. The highest BCUT2D eigenvalue weighted by Crippen LogP contribution is 2.34. The first-order valence-corrected chi connectivity index (χ1v) is 6.89. The summed E-state index contributed by atoms with van der Waals surface area (Å²) in [5, 5.41) is 9.13. The van der Waals surface area contributed by atoms with E-state index in [-0.39, 0.29) is 17.0 Å². The highest BCUT2D eigenvalue weighted by Gasteiger charge is 2.36. The van der Waals surface area contributed by atoms with Gasteiger partial charge in [0.15, 0.2) is 23.2 Å². The molecule has 0 radical (unpaired) electrons. The van der Waals surface area contributed by atoms with Gasteiger partial charge in [-0.3, -0.25) is 4.79 Å². The van der Waals surface area contributed by atoms with Crippen molar-refractivity contribution >= 4 is 5.78 Å². The van der Waals surface area contributed by atoms with Gasteiger partial charge in [-0.1, -0.05) is 13.8 Å². The second-order valence-electron chi connectivity index (χ2n) is 6.05. The van der Waals surface area contributed by atoms with Crippen molar-refractivity contribution < 1.29 is 18.7 Å². The molecule has 2 aromatic rings. The van der Waals surface area contributed by atoms with Crippen LogP contribution in [-0.2, 0) is 6.42 Å². The van der Waals surface area contributed by atoms with E-state index in [0.29, 0.717) is 24.2 Å². The first kappa shape index (κ1) is 14.6. The van der Waals surface area contributed by atoms with Gasteiger partial charge in [-0.05, 0) is 25.0 Å². The summed E-state index contributed by atoms with van der Waals surface area (Å²) in [4.78, 5) is 20.7. The van der Waals surface area contributed by atoms with Crippen LogP contribution in [0.15, 0.2) is 18.3 Å². The highest BCUT2D eigenvalue weighted by molar-refractivity contribution is 6.00. The second kappa shape index (κ2) is 4.83. The van der Waals surface area contributed by atoms with Crippen LogP contribution in [0.1, 0.15) is 36.5 Å². The molecule has 0 saturated carbocycles. The van der Waals surface area contributed by atoms with E-state index < -0.39 is 22.8 Å². The number of carbonyl (C=O) groups is 1. The largest absolute Gasteiger partial charge is 0.503 e. The fraction of sp³-hybridized carbons (Fsp3) is 0.312. The molecule has 3 rings (SSSR count). The molecule has 0 bridgehead atoms. The van der Waals surface area contributed by atoms with Crippen LogP contribution < -0.4 is 0 Å². The smallest absolute Gasteiger partial charge is 0.188 e. The van der Waals surface area contributed by atoms with Gasteiger partial charge in [0.25, 0.3) is 0 Å². The van der Waals surface area contributed by atoms with Crippen molar-refractivity contribution in [1.29, 1.82) is 0 Å². The number of benzene rings is 1. The molecule has 0 spiro atoms. The number of Topliss-reactive ketones (excluding diaryl/α,β-unsaturated/α-hetero) is 1. The molecule has 1 N–H and O–H groups in total. The zero-order chi connectivity index (χ0) is 16.1. The number of phenolic OH excluding ortho intramolecular Hbond substituents is 1. The number of aromatic hydroxyl groups is 1. The standard InChI is InChI=1S/C16H14F2N2O2/c1-16(2)4-3-11-13(15(16)22)19-7-12(20-11)8-5-9(17)14(21)10(18)6-8/h5-7,21H,3-4H2,1-2H3. The fourth-order valence-electron chi connectivity index (χ4n) is 2.51. The number of aryl methyl sites for hydroxylation is 1. The number of halogens is 2. The minimum Gasteiger partial charge on any atom is -0.503 e. The van der Waals surface area contributed by atoms with Gasteiger partial charge in [-0.25, -0.2) is 18.7 Å². The van der Waals surface area contributed by atoms with Crippen LogP contribution in [0.4, 0.5) is 8.78 Å². The predicted molar refractivity (Wildman–Crippen MR) is 75.5 cm³/mol. The molecule has 0 saturated heterocycles. The number of ketones is 1. The van der Waals surface area contributed by atoms with Crippen molar-refractivity contribution in [2.75, 3.05) is 0 Å². The van der Waals surface area contributed by atoms with Gasteiger partial charge in [-0.15, -0.1) is 0 Å². The number of phenols is 1. The van der Waals surface area contributed by atoms with Crippen molar-refractivity contribution in [1.82, 2.24) is 9.97 Å². The SMILES string of the molecule is CC1(C)CCc2nc(-c3cc(F)c(O)c(F)c3)cnc2C1=O. The predicted octanol–water partition coefficient (Wildman–Crippen LogP) is 3.28. The number of nitrogens with zero attached hydrogens (tertiary/aromatic N) is 2. The number of carbonyl (C=O) groups excluding carboxylic acids is 1. The van der Waals surface area contributed by atoms with E-state index in [1.165, 1.54) is 6.20 Å². The zero-order valence-corrected chi connectivity index (χ0v) is 12.2. The van der Waals surface area contributed by atoms with E-state index in [0.717, 1.165) is 12.1 Å². The maximum Gasteiger partial charge on any atom is 0.188 e. The molecule has 1 aromatic carbocycles. The van der Waals surface area contributed by atoms with E-state index >= 15 is 0 Å². The number of fused-ring (bicyclic) bond motifs is 1. The molecule has 114 valence electrons. The van der Waals surface area contributed by atoms with Crippen LogP contribution in [0, 0.1) is 17.0 Å². The summed E-state index contributed by atoms with van der Waals surface area (Å²) in [5.41, 5.74) is 0.819. The molecule has 0 aliphatic heterocycles. The Morgan fingerprint density at radius 1 is 1.23 bits per heavy atom. The molecule has 1 aliphatic carbocycles. The van der Waals surface area contributed by atoms with Crippen molar-refractivity contribution in [2.45, 2.75) is 26.7 Å². The van der Waals surface area contributed by atoms with Gasteiger partial charge < -0.3 is 5.11 Å². The lowest BCUT2D eigenvalue weighted by atomic mass is 9.76. The quantitative estimate of drug-likeness (QED) is 0.878. The summed E-state index contributed by atoms with van der Waals surface area (Å²) in [5.74, 6) is -3.22. The molecule has 22 heavy (non-hydrogen) atoms. The highest BCUT2D eigenvalue weighted by atomic mass is 19.1. The Morgan fingerprint density at radius 3 is 2.50 bits per heavy atom. The molecule has 4 nitrogen and oxygen atoms in total. The van der Waals surface area contributed by atoms with Gasteiger partial charge in [-0.2, -0.15) is 0 Å². The van der Waals surface area contributed by atoms with E-state index in [9.17, 15) is 13.6 Å². The zero-order valence-electron chi connectivity index (χ0n) is 12.2. The van der Waals surface area contributed by atoms with E-state index in [2.05, 4.69) is 9.97 Å². The minimum absolute atomic E-state index is 0.0733. The van der Waals surface area contributed by atoms with Crippen molar-refractivity contribution in [3.8, 4) is 17.0 Å². The van der Waals surface area contributed by atoms with Gasteiger partial charge in [0, 0.05) is 11.0 Å². The normalized spacial score (nSPS) is 16.5. The molecule has 6 heteroatoms. The van der Waals surface area contributed by atoms with Crippen LogP contribution in [0.2, 0.25) is 0 Å². The van der Waals surface area contributed by atoms with Crippen molar-refractivity contribution in [2.24, 2.45) is 5.41 Å². The summed E-state index contributed by atoms with van der Waals surface area (Å²) >= 11 is 0. The maximum absolute atomic E-state index is 13.4. The van der Waals surface area contributed by atoms with Crippen LogP contribution in [0.25, 0.3) is 11.3 Å². The van der Waals surface area contributed by atoms with Gasteiger partial charge in [0.05, 0.1) is 17.6 Å². The van der Waals surface area contributed by atoms with Crippen molar-refractivity contribution in [3.05, 3.63) is 41.4 Å². The van der Waals surface area contributed by atoms with Crippen LogP contribution in [0.5, 0.6) is 5.75 Å². The van der Waals surface area contributed by atoms with E-state index in [1.807, 2.05) is 13.8 Å². The first-order valence-electron chi connectivity index (χ1n) is 6.89. The molecule has 1 heterocycles. The third kappa shape index (κ3) is 2.24. The molecule has 1 aliphatic rings. The Balaban J connectivity index is 2.07. The Kier molecular flexibility index (Phi) is 3.20. The summed E-state index contributed by atoms with van der Waals surface area (Å²) in [7, 11) is 0. The lowest BCUT2D eigenvalue weighted by Crippen LogP contribution is -2.32. The average molecular weight is 304 g/mol. The van der Waals surface area contributed by atoms with Crippen LogP contribution in [0.3, 0.4) is 0 Å². The first-order chi connectivity index (χ1) is 10.3. The Morgan fingerprint density at radius 2 is 1.86 bits per heavy atom. The molecule has 0 unspecified atom stereocenters. The summed E-state index contributed by atoms with van der Waals surface area (Å²) < 4.78 is 26.9. The summed E-state index contributed by atoms with van der Waals surface area (Å²) in [6, 6.07) is 1.98. The molecule has 1 aromatic heterocycles. The van der Waals surface area contributed by atoms with Gasteiger partial charge in [0.2, 0.25) is 0 Å². The molecule has 0 atom stereocenters. The van der Waals surface area contributed by atoms with Crippen LogP contribution >= 0.6 is 0 Å². The van der Waals surface area contributed by atoms with Gasteiger partial charge >= 0.3 is 0 Å². The van der Waals surface area contributed by atoms with E-state index in [1.54, 1.807) is 0 Å². The molecule has 0 amide bonds. The monoisotopic (exact) mass is 304 g/mol. The minimum atomic E-state index is -1.06. The Hall–Kier alpha value is -2.37. The summed E-state index contributed by atoms with van der Waals surface area (Å²) in [6.07, 6.45) is 2.55. The number of hydrogen-bond acceptors (Lipinski definition) is 4. The fourth-order valence-corrected chi connectivity index (χ4v) is 2.51. The lowest BCUT2D eigenvalue weighted by molar-refractivity contribution is 0.0803. The lowest BCUT2D eigenvalue weighted by Gasteiger charge is -2.28.